The summed E-state index contributed by atoms with van der Waals surface area (Å²) >= 11 is 5.91. The van der Waals surface area contributed by atoms with Crippen molar-refractivity contribution in [3.05, 3.63) is 23.2 Å². The summed E-state index contributed by atoms with van der Waals surface area (Å²) < 4.78 is 24.2. The lowest BCUT2D eigenvalue weighted by atomic mass is 10.2. The Morgan fingerprint density at radius 3 is 2.56 bits per heavy atom. The van der Waals surface area contributed by atoms with Gasteiger partial charge in [0.15, 0.2) is 0 Å². The number of benzene rings is 1. The number of carbonyl (C=O) groups is 1. The fourth-order valence-electron chi connectivity index (χ4n) is 1.26. The Kier molecular flexibility index (Phi) is 4.06. The van der Waals surface area contributed by atoms with Crippen LogP contribution in [0.15, 0.2) is 18.2 Å². The average molecular weight is 249 g/mol. The van der Waals surface area contributed by atoms with Crippen molar-refractivity contribution in [3.63, 3.8) is 0 Å². The first-order valence-corrected chi connectivity index (χ1v) is 4.86. The summed E-state index contributed by atoms with van der Waals surface area (Å²) in [7, 11) is 3.42. The van der Waals surface area contributed by atoms with Gasteiger partial charge in [-0.2, -0.15) is 8.78 Å². The molecule has 0 fully saturated rings. The van der Waals surface area contributed by atoms with Crippen LogP contribution in [0.5, 0.6) is 0 Å². The van der Waals surface area contributed by atoms with Crippen molar-refractivity contribution in [1.82, 2.24) is 0 Å². The summed E-state index contributed by atoms with van der Waals surface area (Å²) in [6, 6.07) is 4.72. The number of hydrogen-bond acceptors (Lipinski definition) is 2. The van der Waals surface area contributed by atoms with E-state index in [1.165, 1.54) is 6.07 Å². The molecule has 6 heteroatoms. The average Bonchev–Trinajstić information content (AvgIpc) is 2.16. The molecular formula is C10H11ClF2N2O. The summed E-state index contributed by atoms with van der Waals surface area (Å²) in [5.74, 6) is -1.34. The predicted octanol–water partition coefficient (Wildman–Crippen LogP) is 2.61. The lowest BCUT2D eigenvalue weighted by Gasteiger charge is -2.19. The van der Waals surface area contributed by atoms with Crippen molar-refractivity contribution in [2.24, 2.45) is 0 Å². The van der Waals surface area contributed by atoms with Crippen molar-refractivity contribution >= 4 is 28.9 Å². The molecule has 1 aromatic rings. The lowest BCUT2D eigenvalue weighted by Crippen LogP contribution is -2.22. The quantitative estimate of drug-likeness (QED) is 0.892. The number of para-hydroxylation sites is 1. The van der Waals surface area contributed by atoms with Crippen molar-refractivity contribution < 1.29 is 13.6 Å². The highest BCUT2D eigenvalue weighted by Gasteiger charge is 2.18. The zero-order chi connectivity index (χ0) is 12.3. The number of carbonyl (C=O) groups excluding carboxylic acids is 1. The molecule has 0 aliphatic heterocycles. The fraction of sp³-hybridized carbons (Fsp3) is 0.300. The summed E-state index contributed by atoms with van der Waals surface area (Å²) in [6.45, 7) is 0. The van der Waals surface area contributed by atoms with Gasteiger partial charge in [0.1, 0.15) is 0 Å². The molecule has 0 aliphatic rings. The van der Waals surface area contributed by atoms with E-state index in [4.69, 9.17) is 11.6 Å². The van der Waals surface area contributed by atoms with Gasteiger partial charge < -0.3 is 10.2 Å². The third-order valence-electron chi connectivity index (χ3n) is 1.89. The molecule has 0 spiro atoms. The Bertz CT molecular complexity index is 396. The van der Waals surface area contributed by atoms with Crippen LogP contribution in [-0.2, 0) is 4.79 Å². The van der Waals surface area contributed by atoms with Crippen LogP contribution in [0.25, 0.3) is 0 Å². The molecule has 0 saturated heterocycles. The third-order valence-corrected chi connectivity index (χ3v) is 2.20. The number of amides is 1. The van der Waals surface area contributed by atoms with Gasteiger partial charge in [-0.15, -0.1) is 0 Å². The number of hydrogen-bond donors (Lipinski definition) is 1. The van der Waals surface area contributed by atoms with Crippen LogP contribution >= 0.6 is 11.6 Å². The number of rotatable bonds is 3. The van der Waals surface area contributed by atoms with Crippen LogP contribution < -0.4 is 10.2 Å². The van der Waals surface area contributed by atoms with Crippen LogP contribution in [0.2, 0.25) is 5.02 Å². The first-order chi connectivity index (χ1) is 7.43. The molecule has 3 nitrogen and oxygen atoms in total. The molecule has 0 atom stereocenters. The number of alkyl halides is 2. The van der Waals surface area contributed by atoms with Crippen LogP contribution in [0, 0.1) is 0 Å². The molecular weight excluding hydrogens is 238 g/mol. The first-order valence-electron chi connectivity index (χ1n) is 4.48. The molecule has 1 rings (SSSR count). The Morgan fingerprint density at radius 2 is 2.06 bits per heavy atom. The number of anilines is 2. The molecule has 1 amide bonds. The molecule has 0 aliphatic carbocycles. The monoisotopic (exact) mass is 248 g/mol. The van der Waals surface area contributed by atoms with Crippen LogP contribution in [0.4, 0.5) is 20.2 Å². The second-order valence-electron chi connectivity index (χ2n) is 3.32. The van der Waals surface area contributed by atoms with Gasteiger partial charge in [0.2, 0.25) is 0 Å². The highest BCUT2D eigenvalue weighted by molar-refractivity contribution is 6.34. The van der Waals surface area contributed by atoms with E-state index in [-0.39, 0.29) is 5.69 Å². The van der Waals surface area contributed by atoms with E-state index in [0.717, 1.165) is 0 Å². The molecule has 0 aromatic heterocycles. The van der Waals surface area contributed by atoms with E-state index in [0.29, 0.717) is 10.7 Å². The van der Waals surface area contributed by atoms with Gasteiger partial charge in [-0.25, -0.2) is 0 Å². The second kappa shape index (κ2) is 5.12. The number of halogens is 3. The van der Waals surface area contributed by atoms with Crippen molar-refractivity contribution in [1.29, 1.82) is 0 Å². The minimum Gasteiger partial charge on any atom is -0.375 e. The maximum absolute atomic E-state index is 12.1. The van der Waals surface area contributed by atoms with Gasteiger partial charge in [0, 0.05) is 14.1 Å². The minimum absolute atomic E-state index is 0.266. The highest BCUT2D eigenvalue weighted by atomic mass is 35.5. The van der Waals surface area contributed by atoms with Crippen LogP contribution in [0.3, 0.4) is 0 Å². The van der Waals surface area contributed by atoms with E-state index in [1.54, 1.807) is 31.1 Å². The molecule has 0 unspecified atom stereocenters. The minimum atomic E-state index is -3.05. The van der Waals surface area contributed by atoms with Gasteiger partial charge in [-0.3, -0.25) is 4.79 Å². The Labute approximate surface area is 97.0 Å². The zero-order valence-corrected chi connectivity index (χ0v) is 9.55. The predicted molar refractivity (Wildman–Crippen MR) is 60.4 cm³/mol. The largest absolute Gasteiger partial charge is 0.375 e. The number of nitrogens with zero attached hydrogens (tertiary/aromatic N) is 1. The molecule has 1 N–H and O–H groups in total. The second-order valence-corrected chi connectivity index (χ2v) is 3.73. The molecule has 0 bridgehead atoms. The molecule has 0 saturated carbocycles. The fourth-order valence-corrected chi connectivity index (χ4v) is 1.60. The van der Waals surface area contributed by atoms with Crippen molar-refractivity contribution in [2.75, 3.05) is 24.3 Å². The summed E-state index contributed by atoms with van der Waals surface area (Å²) in [6.07, 6.45) is -3.05. The smallest absolute Gasteiger partial charge is 0.315 e. The SMILES string of the molecule is CN(C)c1c(Cl)cccc1NC(=O)C(F)F. The van der Waals surface area contributed by atoms with Gasteiger partial charge in [-0.1, -0.05) is 17.7 Å². The molecule has 16 heavy (non-hydrogen) atoms. The normalized spacial score (nSPS) is 10.4. The van der Waals surface area contributed by atoms with Crippen LogP contribution in [-0.4, -0.2) is 26.4 Å². The zero-order valence-electron chi connectivity index (χ0n) is 8.80. The standard InChI is InChI=1S/C10H11ClF2N2O/c1-15(2)8-6(11)4-3-5-7(8)14-10(16)9(12)13/h3-5,9H,1-2H3,(H,14,16). The molecule has 1 aromatic carbocycles. The lowest BCUT2D eigenvalue weighted by molar-refractivity contribution is -0.126. The van der Waals surface area contributed by atoms with E-state index in [2.05, 4.69) is 5.32 Å². The van der Waals surface area contributed by atoms with Gasteiger partial charge in [0.05, 0.1) is 16.4 Å². The maximum atomic E-state index is 12.1. The Hall–Kier alpha value is -1.36. The summed E-state index contributed by atoms with van der Waals surface area (Å²) in [5, 5.41) is 2.50. The van der Waals surface area contributed by atoms with Gasteiger partial charge >= 0.3 is 6.43 Å². The van der Waals surface area contributed by atoms with Gasteiger partial charge in [0.25, 0.3) is 5.91 Å². The molecule has 88 valence electrons. The number of nitrogens with one attached hydrogen (secondary N) is 1. The Balaban J connectivity index is 3.04. The van der Waals surface area contributed by atoms with Gasteiger partial charge in [-0.05, 0) is 12.1 Å². The Morgan fingerprint density at radius 1 is 1.44 bits per heavy atom. The topological polar surface area (TPSA) is 32.3 Å². The van der Waals surface area contributed by atoms with Crippen molar-refractivity contribution in [3.8, 4) is 0 Å². The molecule has 0 radical (unpaired) electrons. The van der Waals surface area contributed by atoms with E-state index in [1.807, 2.05) is 0 Å². The summed E-state index contributed by atoms with van der Waals surface area (Å²) in [5.41, 5.74) is 0.765. The van der Waals surface area contributed by atoms with E-state index in [9.17, 15) is 13.6 Å². The van der Waals surface area contributed by atoms with E-state index >= 15 is 0 Å². The highest BCUT2D eigenvalue weighted by Crippen LogP contribution is 2.32. The first kappa shape index (κ1) is 12.7. The van der Waals surface area contributed by atoms with Crippen molar-refractivity contribution in [2.45, 2.75) is 6.43 Å². The van der Waals surface area contributed by atoms with Crippen LogP contribution in [0.1, 0.15) is 0 Å². The maximum Gasteiger partial charge on any atom is 0.315 e. The molecule has 0 heterocycles. The van der Waals surface area contributed by atoms with E-state index < -0.39 is 12.3 Å². The summed E-state index contributed by atoms with van der Waals surface area (Å²) in [4.78, 5) is 12.5. The third kappa shape index (κ3) is 2.82.